The van der Waals surface area contributed by atoms with Crippen LogP contribution in [0.25, 0.3) is 33.7 Å². The number of carbonyl (C=O) groups is 2. The zero-order chi connectivity index (χ0) is 31.2. The lowest BCUT2D eigenvalue weighted by Gasteiger charge is -2.27. The van der Waals surface area contributed by atoms with Crippen molar-refractivity contribution in [3.63, 3.8) is 0 Å². The van der Waals surface area contributed by atoms with Crippen LogP contribution in [0.1, 0.15) is 99.3 Å². The normalized spacial score (nSPS) is 16.8. The van der Waals surface area contributed by atoms with E-state index in [0.717, 1.165) is 67.1 Å². The highest BCUT2D eigenvalue weighted by molar-refractivity contribution is 5.85. The lowest BCUT2D eigenvalue weighted by Crippen LogP contribution is -2.36. The Kier molecular flexibility index (Phi) is 8.18. The van der Waals surface area contributed by atoms with Crippen molar-refractivity contribution in [3.05, 3.63) is 69.8 Å². The molecule has 8 nitrogen and oxygen atoms in total. The molecule has 2 aliphatic rings. The molecule has 5 heterocycles. The lowest BCUT2D eigenvalue weighted by atomic mass is 9.74. The second-order valence-corrected chi connectivity index (χ2v) is 13.1. The highest BCUT2D eigenvalue weighted by atomic mass is 16.4. The fourth-order valence-electron chi connectivity index (χ4n) is 6.28. The second kappa shape index (κ2) is 11.6. The maximum atomic E-state index is 13.0. The van der Waals surface area contributed by atoms with E-state index in [9.17, 15) is 14.7 Å². The summed E-state index contributed by atoms with van der Waals surface area (Å²) in [7, 11) is 0. The minimum Gasteiger partial charge on any atom is -0.481 e. The van der Waals surface area contributed by atoms with E-state index in [1.807, 2.05) is 26.8 Å². The molecule has 2 atom stereocenters. The molecular formula is C35H43N5O3. The molecule has 0 amide bonds. The maximum Gasteiger partial charge on any atom is 0.303 e. The standard InChI is InChI=1S/C35H43N5O3/c1-18(2)34(36)31(41)10-9-25-30-16-29-24(8-11-33(42)43)21(5)28(39-29)15-23-12-19(3)26(37-23)14-22-13-20(4)27(38-22)17-32(40-30)35(25,6)7/h12-18,25,34,38-39H,8-11,36H2,1-7H3,(H,42,43)/t25-,34-/m0/s1. The van der Waals surface area contributed by atoms with E-state index in [2.05, 4.69) is 68.0 Å². The van der Waals surface area contributed by atoms with Crippen molar-refractivity contribution in [2.45, 2.75) is 91.5 Å². The van der Waals surface area contributed by atoms with Gasteiger partial charge in [-0.15, -0.1) is 0 Å². The van der Waals surface area contributed by atoms with E-state index in [0.29, 0.717) is 19.3 Å². The number of hydrogen-bond acceptors (Lipinski definition) is 5. The molecule has 0 radical (unpaired) electrons. The van der Waals surface area contributed by atoms with Crippen LogP contribution in [0, 0.1) is 19.8 Å². The van der Waals surface area contributed by atoms with Crippen LogP contribution in [0.2, 0.25) is 0 Å². The van der Waals surface area contributed by atoms with Crippen LogP contribution in [-0.2, 0) is 21.4 Å². The first-order chi connectivity index (χ1) is 20.2. The second-order valence-electron chi connectivity index (χ2n) is 13.1. The molecule has 2 aliphatic heterocycles. The van der Waals surface area contributed by atoms with Crippen molar-refractivity contribution in [2.75, 3.05) is 0 Å². The SMILES string of the molecule is CC1=Cc2cc3[nH]c(cc4nc(cc5[nH]c(cc1n2)cc5C)C(C)(C)[C@H]4CCC(=O)[C@@H](N)C(C)C)c(CCC(=O)O)c3C. The molecule has 5 N–H and O–H groups in total. The Morgan fingerprint density at radius 3 is 2.42 bits per heavy atom. The minimum atomic E-state index is -0.841. The fourth-order valence-corrected chi connectivity index (χ4v) is 6.28. The fraction of sp³-hybridized carbons (Fsp3) is 0.429. The minimum absolute atomic E-state index is 0.0220. The van der Waals surface area contributed by atoms with Crippen molar-refractivity contribution in [2.24, 2.45) is 11.7 Å². The molecule has 43 heavy (non-hydrogen) atoms. The summed E-state index contributed by atoms with van der Waals surface area (Å²) < 4.78 is 0. The Hall–Kier alpha value is -4.04. The molecule has 226 valence electrons. The first-order valence-corrected chi connectivity index (χ1v) is 15.1. The molecule has 5 rings (SSSR count). The van der Waals surface area contributed by atoms with Crippen molar-refractivity contribution < 1.29 is 14.7 Å². The van der Waals surface area contributed by atoms with E-state index < -0.39 is 12.0 Å². The first kappa shape index (κ1) is 30.4. The summed E-state index contributed by atoms with van der Waals surface area (Å²) >= 11 is 0. The number of aromatic amines is 2. The summed E-state index contributed by atoms with van der Waals surface area (Å²) in [6, 6.07) is 9.90. The van der Waals surface area contributed by atoms with Gasteiger partial charge >= 0.3 is 5.97 Å². The molecule has 0 saturated heterocycles. The van der Waals surface area contributed by atoms with Gasteiger partial charge in [-0.25, -0.2) is 4.98 Å². The van der Waals surface area contributed by atoms with Crippen LogP contribution in [-0.4, -0.2) is 42.8 Å². The number of aryl methyl sites for hydroxylation is 3. The smallest absolute Gasteiger partial charge is 0.303 e. The van der Waals surface area contributed by atoms with Gasteiger partial charge in [0.05, 0.1) is 17.4 Å². The highest BCUT2D eigenvalue weighted by Gasteiger charge is 2.39. The van der Waals surface area contributed by atoms with Gasteiger partial charge in [0.25, 0.3) is 0 Å². The molecule has 8 bridgehead atoms. The summed E-state index contributed by atoms with van der Waals surface area (Å²) in [5, 5.41) is 9.50. The first-order valence-electron chi connectivity index (χ1n) is 15.1. The van der Waals surface area contributed by atoms with Crippen molar-refractivity contribution in [1.29, 1.82) is 0 Å². The number of carboxylic acid groups (broad SMARTS) is 1. The Labute approximate surface area is 252 Å². The van der Waals surface area contributed by atoms with Crippen LogP contribution >= 0.6 is 0 Å². The van der Waals surface area contributed by atoms with E-state index in [1.165, 1.54) is 0 Å². The zero-order valence-corrected chi connectivity index (χ0v) is 26.3. The summed E-state index contributed by atoms with van der Waals surface area (Å²) in [5.41, 5.74) is 17.2. The monoisotopic (exact) mass is 581 g/mol. The number of aromatic nitrogens is 4. The molecule has 3 aromatic rings. The molecule has 0 aliphatic carbocycles. The Bertz CT molecular complexity index is 1790. The van der Waals surface area contributed by atoms with Gasteiger partial charge in [0, 0.05) is 57.6 Å². The number of aliphatic carboxylic acids is 1. The van der Waals surface area contributed by atoms with Crippen LogP contribution in [0.5, 0.6) is 0 Å². The van der Waals surface area contributed by atoms with Gasteiger partial charge in [-0.05, 0) is 98.2 Å². The van der Waals surface area contributed by atoms with Crippen LogP contribution < -0.4 is 5.73 Å². The van der Waals surface area contributed by atoms with Gasteiger partial charge in [0.15, 0.2) is 0 Å². The van der Waals surface area contributed by atoms with Gasteiger partial charge in [0.1, 0.15) is 5.78 Å². The quantitative estimate of drug-likeness (QED) is 0.228. The number of ketones is 1. The maximum absolute atomic E-state index is 13.0. The molecule has 0 unspecified atom stereocenters. The Morgan fingerprint density at radius 1 is 0.977 bits per heavy atom. The van der Waals surface area contributed by atoms with Crippen LogP contribution in [0.15, 0.2) is 30.3 Å². The van der Waals surface area contributed by atoms with Gasteiger partial charge in [-0.1, -0.05) is 27.7 Å². The van der Waals surface area contributed by atoms with E-state index in [4.69, 9.17) is 15.7 Å². The van der Waals surface area contributed by atoms with Crippen molar-refractivity contribution in [1.82, 2.24) is 19.9 Å². The molecule has 0 spiro atoms. The van der Waals surface area contributed by atoms with Crippen LogP contribution in [0.4, 0.5) is 0 Å². The number of nitrogens with zero attached hydrogens (tertiary/aromatic N) is 2. The Balaban J connectivity index is 1.78. The summed E-state index contributed by atoms with van der Waals surface area (Å²) in [6.45, 7) is 14.5. The number of nitrogens with two attached hydrogens (primary N) is 1. The van der Waals surface area contributed by atoms with E-state index in [-0.39, 0.29) is 29.5 Å². The topological polar surface area (TPSA) is 138 Å². The molecular weight excluding hydrogens is 538 g/mol. The molecule has 8 heteroatoms. The number of Topliss-reactive ketones (excluding diaryl/α,β-unsaturated/α-hetero) is 1. The third-order valence-electron chi connectivity index (χ3n) is 9.20. The van der Waals surface area contributed by atoms with Gasteiger partial charge in [-0.2, -0.15) is 0 Å². The number of hydrogen-bond donors (Lipinski definition) is 4. The largest absolute Gasteiger partial charge is 0.481 e. The highest BCUT2D eigenvalue weighted by Crippen LogP contribution is 2.45. The summed E-state index contributed by atoms with van der Waals surface area (Å²) in [4.78, 5) is 41.8. The zero-order valence-electron chi connectivity index (χ0n) is 26.3. The number of H-pyrrole nitrogens is 2. The van der Waals surface area contributed by atoms with E-state index >= 15 is 0 Å². The number of nitrogens with one attached hydrogen (secondary N) is 2. The number of fused-ring (bicyclic) bond motifs is 8. The predicted octanol–water partition coefficient (Wildman–Crippen LogP) is 6.90. The number of rotatable bonds is 8. The summed E-state index contributed by atoms with van der Waals surface area (Å²) in [6.07, 6.45) is 3.46. The van der Waals surface area contributed by atoms with Crippen LogP contribution in [0.3, 0.4) is 0 Å². The van der Waals surface area contributed by atoms with Crippen molar-refractivity contribution in [3.8, 4) is 0 Å². The number of allylic oxidation sites excluding steroid dienone is 1. The summed E-state index contributed by atoms with van der Waals surface area (Å²) in [5.74, 6) is -0.739. The third kappa shape index (κ3) is 6.07. The van der Waals surface area contributed by atoms with Gasteiger partial charge in [0.2, 0.25) is 0 Å². The van der Waals surface area contributed by atoms with Gasteiger partial charge < -0.3 is 20.8 Å². The van der Waals surface area contributed by atoms with E-state index in [1.54, 1.807) is 0 Å². The molecule has 0 fully saturated rings. The number of carboxylic acids is 1. The Morgan fingerprint density at radius 2 is 1.72 bits per heavy atom. The van der Waals surface area contributed by atoms with Crippen molar-refractivity contribution >= 4 is 45.5 Å². The average Bonchev–Trinajstić information content (AvgIpc) is 3.60. The average molecular weight is 582 g/mol. The molecule has 3 aromatic heterocycles. The third-order valence-corrected chi connectivity index (χ3v) is 9.20. The predicted molar refractivity (Wildman–Crippen MR) is 173 cm³/mol. The molecule has 0 saturated carbocycles. The lowest BCUT2D eigenvalue weighted by molar-refractivity contribution is -0.137. The number of carbonyl (C=O) groups excluding carboxylic acids is 1. The van der Waals surface area contributed by atoms with Gasteiger partial charge in [-0.3, -0.25) is 14.6 Å². The molecule has 0 aromatic carbocycles.